The average molecular weight is 284 g/mol. The Hall–Kier alpha value is -2.32. The minimum absolute atomic E-state index is 0.0391. The topological polar surface area (TPSA) is 153 Å². The van der Waals surface area contributed by atoms with Crippen molar-refractivity contribution in [2.45, 2.75) is 18.5 Å². The second-order valence-corrected chi connectivity index (χ2v) is 4.22. The number of aliphatic hydroxyl groups excluding tert-OH is 1. The quantitative estimate of drug-likeness (QED) is 0.348. The fourth-order valence-corrected chi connectivity index (χ4v) is 1.51. The first-order valence-electron chi connectivity index (χ1n) is 5.75. The molecule has 1 aromatic carbocycles. The number of phenolic OH excluding ortho intramolecular Hbond substituents is 2. The summed E-state index contributed by atoms with van der Waals surface area (Å²) < 4.78 is 0. The zero-order chi connectivity index (χ0) is 15.3. The number of aliphatic carboxylic acids is 1. The number of carbonyl (C=O) groups excluding carboxylic acids is 1. The smallest absolute Gasteiger partial charge is 0.328 e. The predicted octanol–water partition coefficient (Wildman–Crippen LogP) is -1.47. The summed E-state index contributed by atoms with van der Waals surface area (Å²) in [4.78, 5) is 22.3. The Bertz CT molecular complexity index is 505. The SMILES string of the molecule is N[C@@H](Cc1ccc(O)c(O)c1)C(=O)N[C@@H](CO)C(=O)O. The molecule has 2 atom stereocenters. The summed E-state index contributed by atoms with van der Waals surface area (Å²) in [7, 11) is 0. The van der Waals surface area contributed by atoms with E-state index in [1.54, 1.807) is 0 Å². The molecule has 1 aromatic rings. The molecular formula is C12H16N2O6. The van der Waals surface area contributed by atoms with E-state index in [1.807, 2.05) is 0 Å². The van der Waals surface area contributed by atoms with Crippen molar-refractivity contribution in [2.75, 3.05) is 6.61 Å². The van der Waals surface area contributed by atoms with Crippen LogP contribution in [0.4, 0.5) is 0 Å². The summed E-state index contributed by atoms with van der Waals surface area (Å²) in [5.41, 5.74) is 6.11. The molecule has 0 aromatic heterocycles. The maximum Gasteiger partial charge on any atom is 0.328 e. The molecule has 0 spiro atoms. The van der Waals surface area contributed by atoms with Crippen molar-refractivity contribution in [3.8, 4) is 11.5 Å². The van der Waals surface area contributed by atoms with E-state index in [0.717, 1.165) is 0 Å². The minimum Gasteiger partial charge on any atom is -0.504 e. The van der Waals surface area contributed by atoms with Gasteiger partial charge < -0.3 is 31.5 Å². The highest BCUT2D eigenvalue weighted by Gasteiger charge is 2.22. The van der Waals surface area contributed by atoms with Crippen LogP contribution in [0.2, 0.25) is 0 Å². The zero-order valence-corrected chi connectivity index (χ0v) is 10.5. The van der Waals surface area contributed by atoms with E-state index in [0.29, 0.717) is 5.56 Å². The van der Waals surface area contributed by atoms with Crippen LogP contribution in [0.15, 0.2) is 18.2 Å². The standard InChI is InChI=1S/C12H16N2O6/c13-7(11(18)14-8(5-15)12(19)20)3-6-1-2-9(16)10(17)4-6/h1-2,4,7-8,15-17H,3,5,13H2,(H,14,18)(H,19,20)/t7-,8-/m0/s1. The van der Waals surface area contributed by atoms with Gasteiger partial charge in [-0.1, -0.05) is 6.07 Å². The first kappa shape index (κ1) is 15.7. The minimum atomic E-state index is -1.42. The van der Waals surface area contributed by atoms with Crippen molar-refractivity contribution < 1.29 is 30.0 Å². The number of amides is 1. The van der Waals surface area contributed by atoms with Crippen LogP contribution in [0.1, 0.15) is 5.56 Å². The first-order chi connectivity index (χ1) is 9.35. The van der Waals surface area contributed by atoms with Crippen molar-refractivity contribution in [3.63, 3.8) is 0 Å². The Morgan fingerprint density at radius 1 is 1.25 bits per heavy atom. The van der Waals surface area contributed by atoms with E-state index in [4.69, 9.17) is 21.1 Å². The number of hydrogen-bond acceptors (Lipinski definition) is 6. The van der Waals surface area contributed by atoms with Gasteiger partial charge in [-0.05, 0) is 24.1 Å². The van der Waals surface area contributed by atoms with Crippen LogP contribution in [-0.4, -0.2) is 51.0 Å². The molecule has 0 unspecified atom stereocenters. The number of phenols is 2. The van der Waals surface area contributed by atoms with Gasteiger partial charge in [0.2, 0.25) is 5.91 Å². The van der Waals surface area contributed by atoms with Gasteiger partial charge in [0.05, 0.1) is 12.6 Å². The molecule has 0 saturated carbocycles. The van der Waals surface area contributed by atoms with Gasteiger partial charge in [0.25, 0.3) is 0 Å². The molecule has 0 aliphatic rings. The summed E-state index contributed by atoms with van der Waals surface area (Å²) in [5.74, 6) is -2.73. The maximum atomic E-state index is 11.7. The monoisotopic (exact) mass is 284 g/mol. The van der Waals surface area contributed by atoms with Gasteiger partial charge in [-0.2, -0.15) is 0 Å². The number of benzene rings is 1. The van der Waals surface area contributed by atoms with Crippen LogP contribution in [-0.2, 0) is 16.0 Å². The van der Waals surface area contributed by atoms with E-state index in [9.17, 15) is 14.7 Å². The lowest BCUT2D eigenvalue weighted by molar-refractivity contribution is -0.143. The number of aliphatic hydroxyl groups is 1. The highest BCUT2D eigenvalue weighted by molar-refractivity contribution is 5.87. The molecule has 7 N–H and O–H groups in total. The van der Waals surface area contributed by atoms with Gasteiger partial charge in [0, 0.05) is 0 Å². The van der Waals surface area contributed by atoms with Crippen LogP contribution >= 0.6 is 0 Å². The Kier molecular flexibility index (Phi) is 5.30. The molecule has 1 rings (SSSR count). The van der Waals surface area contributed by atoms with Crippen molar-refractivity contribution >= 4 is 11.9 Å². The summed E-state index contributed by atoms with van der Waals surface area (Å²) >= 11 is 0. The van der Waals surface area contributed by atoms with Crippen LogP contribution in [0, 0.1) is 0 Å². The molecular weight excluding hydrogens is 268 g/mol. The zero-order valence-electron chi connectivity index (χ0n) is 10.5. The van der Waals surface area contributed by atoms with E-state index in [2.05, 4.69) is 5.32 Å². The van der Waals surface area contributed by atoms with E-state index in [-0.39, 0.29) is 17.9 Å². The van der Waals surface area contributed by atoms with Gasteiger partial charge in [-0.3, -0.25) is 4.79 Å². The molecule has 0 radical (unpaired) electrons. The van der Waals surface area contributed by atoms with Gasteiger partial charge >= 0.3 is 5.97 Å². The average Bonchev–Trinajstić information content (AvgIpc) is 2.39. The number of hydrogen-bond donors (Lipinski definition) is 6. The molecule has 0 fully saturated rings. The number of carboxylic acids is 1. The van der Waals surface area contributed by atoms with Crippen molar-refractivity contribution in [3.05, 3.63) is 23.8 Å². The van der Waals surface area contributed by atoms with Crippen molar-refractivity contribution in [2.24, 2.45) is 5.73 Å². The highest BCUT2D eigenvalue weighted by atomic mass is 16.4. The molecule has 1 amide bonds. The molecule has 0 heterocycles. The van der Waals surface area contributed by atoms with Crippen LogP contribution in [0.5, 0.6) is 11.5 Å². The fourth-order valence-electron chi connectivity index (χ4n) is 1.51. The number of nitrogens with two attached hydrogens (primary N) is 1. The Morgan fingerprint density at radius 2 is 1.90 bits per heavy atom. The lowest BCUT2D eigenvalue weighted by Gasteiger charge is -2.16. The normalized spacial score (nSPS) is 13.5. The molecule has 110 valence electrons. The largest absolute Gasteiger partial charge is 0.504 e. The van der Waals surface area contributed by atoms with E-state index >= 15 is 0 Å². The van der Waals surface area contributed by atoms with Gasteiger partial charge in [-0.15, -0.1) is 0 Å². The third-order valence-corrected chi connectivity index (χ3v) is 2.63. The van der Waals surface area contributed by atoms with Gasteiger partial charge in [-0.25, -0.2) is 4.79 Å². The third kappa shape index (κ3) is 4.11. The number of aromatic hydroxyl groups is 2. The number of rotatable bonds is 6. The third-order valence-electron chi connectivity index (χ3n) is 2.63. The Labute approximate surface area is 114 Å². The molecule has 0 aliphatic heterocycles. The second kappa shape index (κ2) is 6.73. The summed E-state index contributed by atoms with van der Waals surface area (Å²) in [6.07, 6.45) is 0.0391. The maximum absolute atomic E-state index is 11.7. The number of carboxylic acid groups (broad SMARTS) is 1. The first-order valence-corrected chi connectivity index (χ1v) is 5.75. The summed E-state index contributed by atoms with van der Waals surface area (Å²) in [6.45, 7) is -0.742. The molecule has 0 bridgehead atoms. The molecule has 8 heteroatoms. The molecule has 0 saturated heterocycles. The summed E-state index contributed by atoms with van der Waals surface area (Å²) in [6, 6.07) is 1.52. The fraction of sp³-hybridized carbons (Fsp3) is 0.333. The lowest BCUT2D eigenvalue weighted by atomic mass is 10.0. The number of nitrogens with one attached hydrogen (secondary N) is 1. The van der Waals surface area contributed by atoms with Crippen molar-refractivity contribution in [1.82, 2.24) is 5.32 Å². The molecule has 8 nitrogen and oxygen atoms in total. The second-order valence-electron chi connectivity index (χ2n) is 4.22. The van der Waals surface area contributed by atoms with Gasteiger partial charge in [0.15, 0.2) is 11.5 Å². The van der Waals surface area contributed by atoms with Crippen LogP contribution < -0.4 is 11.1 Å². The van der Waals surface area contributed by atoms with E-state index < -0.39 is 30.6 Å². The number of carbonyl (C=O) groups is 2. The highest BCUT2D eigenvalue weighted by Crippen LogP contribution is 2.25. The van der Waals surface area contributed by atoms with Gasteiger partial charge in [0.1, 0.15) is 6.04 Å². The Balaban J connectivity index is 2.65. The lowest BCUT2D eigenvalue weighted by Crippen LogP contribution is -2.50. The predicted molar refractivity (Wildman–Crippen MR) is 68.1 cm³/mol. The Morgan fingerprint density at radius 3 is 2.40 bits per heavy atom. The molecule has 0 aliphatic carbocycles. The molecule has 20 heavy (non-hydrogen) atoms. The van der Waals surface area contributed by atoms with E-state index in [1.165, 1.54) is 18.2 Å². The summed E-state index contributed by atoms with van der Waals surface area (Å²) in [5, 5.41) is 38.0. The van der Waals surface area contributed by atoms with Crippen LogP contribution in [0.25, 0.3) is 0 Å². The van der Waals surface area contributed by atoms with Crippen molar-refractivity contribution in [1.29, 1.82) is 0 Å². The van der Waals surface area contributed by atoms with Crippen LogP contribution in [0.3, 0.4) is 0 Å².